The number of hydrogen-bond donors (Lipinski definition) is 1. The number of nitrogens with one attached hydrogen (secondary N) is 1. The molecule has 1 fully saturated rings. The molecule has 1 aliphatic carbocycles. The van der Waals surface area contributed by atoms with Gasteiger partial charge in [-0.3, -0.25) is 0 Å². The zero-order valence-electron chi connectivity index (χ0n) is 14.5. The Kier molecular flexibility index (Phi) is 5.87. The standard InChI is InChI=1S/C20H33N/c1-5-7-12-20(6-2,15-21-19-10-11-19)14-18-9-8-16(3)17(4)13-18/h8-9,13,19,21H,5-7,10-12,14-15H2,1-4H3. The highest BCUT2D eigenvalue weighted by atomic mass is 15.0. The van der Waals surface area contributed by atoms with Crippen LogP contribution in [-0.4, -0.2) is 12.6 Å². The van der Waals surface area contributed by atoms with Crippen molar-refractivity contribution in [3.8, 4) is 0 Å². The van der Waals surface area contributed by atoms with Crippen LogP contribution in [0.15, 0.2) is 18.2 Å². The van der Waals surface area contributed by atoms with Crippen molar-refractivity contribution in [3.63, 3.8) is 0 Å². The summed E-state index contributed by atoms with van der Waals surface area (Å²) in [5.74, 6) is 0. The average molecular weight is 287 g/mol. The minimum atomic E-state index is 0.445. The molecule has 0 heterocycles. The monoisotopic (exact) mass is 287 g/mol. The Morgan fingerprint density at radius 1 is 1.14 bits per heavy atom. The van der Waals surface area contributed by atoms with Gasteiger partial charge in [-0.2, -0.15) is 0 Å². The van der Waals surface area contributed by atoms with Gasteiger partial charge < -0.3 is 5.32 Å². The van der Waals surface area contributed by atoms with E-state index in [0.717, 1.165) is 6.04 Å². The summed E-state index contributed by atoms with van der Waals surface area (Å²) in [6, 6.07) is 7.86. The van der Waals surface area contributed by atoms with Crippen LogP contribution < -0.4 is 5.32 Å². The Labute approximate surface area is 131 Å². The summed E-state index contributed by atoms with van der Waals surface area (Å²) in [5.41, 5.74) is 4.81. The third-order valence-electron chi connectivity index (χ3n) is 5.30. The number of rotatable bonds is 9. The van der Waals surface area contributed by atoms with Gasteiger partial charge >= 0.3 is 0 Å². The molecular weight excluding hydrogens is 254 g/mol. The van der Waals surface area contributed by atoms with Crippen molar-refractivity contribution in [2.45, 2.75) is 78.7 Å². The fourth-order valence-electron chi connectivity index (χ4n) is 3.21. The van der Waals surface area contributed by atoms with Gasteiger partial charge in [0.05, 0.1) is 0 Å². The third-order valence-corrected chi connectivity index (χ3v) is 5.30. The normalized spacial score (nSPS) is 17.7. The Hall–Kier alpha value is -0.820. The third kappa shape index (κ3) is 4.85. The Morgan fingerprint density at radius 2 is 1.90 bits per heavy atom. The number of benzene rings is 1. The SMILES string of the molecule is CCCCC(CC)(CNC1CC1)Cc1ccc(C)c(C)c1. The lowest BCUT2D eigenvalue weighted by atomic mass is 9.75. The molecule has 1 N–H and O–H groups in total. The molecule has 1 unspecified atom stereocenters. The minimum Gasteiger partial charge on any atom is -0.313 e. The molecule has 0 bridgehead atoms. The van der Waals surface area contributed by atoms with E-state index in [1.807, 2.05) is 0 Å². The molecular formula is C20H33N. The van der Waals surface area contributed by atoms with Gasteiger partial charge in [0.2, 0.25) is 0 Å². The Bertz CT molecular complexity index is 447. The molecule has 1 aliphatic rings. The van der Waals surface area contributed by atoms with Crippen LogP contribution in [0, 0.1) is 19.3 Å². The molecule has 0 spiro atoms. The minimum absolute atomic E-state index is 0.445. The Morgan fingerprint density at radius 3 is 2.48 bits per heavy atom. The lowest BCUT2D eigenvalue weighted by Crippen LogP contribution is -2.37. The summed E-state index contributed by atoms with van der Waals surface area (Å²) in [7, 11) is 0. The van der Waals surface area contributed by atoms with E-state index in [1.165, 1.54) is 68.2 Å². The van der Waals surface area contributed by atoms with Crippen LogP contribution in [0.25, 0.3) is 0 Å². The van der Waals surface area contributed by atoms with Gasteiger partial charge in [-0.05, 0) is 68.1 Å². The fraction of sp³-hybridized carbons (Fsp3) is 0.700. The smallest absolute Gasteiger partial charge is 0.00684 e. The van der Waals surface area contributed by atoms with Crippen molar-refractivity contribution in [1.82, 2.24) is 5.32 Å². The summed E-state index contributed by atoms with van der Waals surface area (Å²) in [6.45, 7) is 10.3. The largest absolute Gasteiger partial charge is 0.313 e. The van der Waals surface area contributed by atoms with Gasteiger partial charge in [0.1, 0.15) is 0 Å². The van der Waals surface area contributed by atoms with E-state index in [0.29, 0.717) is 5.41 Å². The second-order valence-electron chi connectivity index (χ2n) is 7.21. The van der Waals surface area contributed by atoms with E-state index in [-0.39, 0.29) is 0 Å². The van der Waals surface area contributed by atoms with Gasteiger partial charge in [0.25, 0.3) is 0 Å². The topological polar surface area (TPSA) is 12.0 Å². The van der Waals surface area contributed by atoms with Crippen LogP contribution >= 0.6 is 0 Å². The summed E-state index contributed by atoms with van der Waals surface area (Å²) in [5, 5.41) is 3.80. The maximum Gasteiger partial charge on any atom is 0.00684 e. The molecule has 1 heteroatoms. The predicted molar refractivity (Wildman–Crippen MR) is 92.9 cm³/mol. The first-order chi connectivity index (χ1) is 10.1. The average Bonchev–Trinajstić information content (AvgIpc) is 3.30. The van der Waals surface area contributed by atoms with Crippen LogP contribution in [-0.2, 0) is 6.42 Å². The summed E-state index contributed by atoms with van der Waals surface area (Å²) in [4.78, 5) is 0. The fourth-order valence-corrected chi connectivity index (χ4v) is 3.21. The lowest BCUT2D eigenvalue weighted by Gasteiger charge is -2.34. The first-order valence-corrected chi connectivity index (χ1v) is 8.88. The highest BCUT2D eigenvalue weighted by Gasteiger charge is 2.31. The molecule has 21 heavy (non-hydrogen) atoms. The van der Waals surface area contributed by atoms with Crippen LogP contribution in [0.5, 0.6) is 0 Å². The molecule has 1 nitrogen and oxygen atoms in total. The molecule has 118 valence electrons. The first kappa shape index (κ1) is 16.5. The molecule has 0 amide bonds. The molecule has 1 saturated carbocycles. The van der Waals surface area contributed by atoms with Crippen molar-refractivity contribution >= 4 is 0 Å². The van der Waals surface area contributed by atoms with E-state index >= 15 is 0 Å². The Balaban J connectivity index is 2.09. The van der Waals surface area contributed by atoms with E-state index < -0.39 is 0 Å². The zero-order chi connectivity index (χ0) is 15.3. The predicted octanol–water partition coefficient (Wildman–Crippen LogP) is 5.18. The molecule has 1 aromatic rings. The van der Waals surface area contributed by atoms with Crippen molar-refractivity contribution < 1.29 is 0 Å². The van der Waals surface area contributed by atoms with E-state index in [2.05, 4.69) is 51.2 Å². The van der Waals surface area contributed by atoms with E-state index in [9.17, 15) is 0 Å². The second kappa shape index (κ2) is 7.45. The van der Waals surface area contributed by atoms with Crippen LogP contribution in [0.3, 0.4) is 0 Å². The zero-order valence-corrected chi connectivity index (χ0v) is 14.5. The first-order valence-electron chi connectivity index (χ1n) is 8.88. The highest BCUT2D eigenvalue weighted by Crippen LogP contribution is 2.34. The number of unbranched alkanes of at least 4 members (excludes halogenated alkanes) is 1. The molecule has 1 atom stereocenters. The molecule has 1 aromatic carbocycles. The van der Waals surface area contributed by atoms with Crippen molar-refractivity contribution in [1.29, 1.82) is 0 Å². The molecule has 2 rings (SSSR count). The van der Waals surface area contributed by atoms with Crippen LogP contribution in [0.4, 0.5) is 0 Å². The molecule has 0 radical (unpaired) electrons. The van der Waals surface area contributed by atoms with Crippen LogP contribution in [0.2, 0.25) is 0 Å². The van der Waals surface area contributed by atoms with Crippen molar-refractivity contribution in [3.05, 3.63) is 34.9 Å². The maximum absolute atomic E-state index is 3.80. The van der Waals surface area contributed by atoms with Gasteiger partial charge in [-0.15, -0.1) is 0 Å². The number of hydrogen-bond acceptors (Lipinski definition) is 1. The molecule has 0 aromatic heterocycles. The van der Waals surface area contributed by atoms with Gasteiger partial charge in [0, 0.05) is 12.6 Å². The lowest BCUT2D eigenvalue weighted by molar-refractivity contribution is 0.228. The van der Waals surface area contributed by atoms with Crippen LogP contribution in [0.1, 0.15) is 69.1 Å². The van der Waals surface area contributed by atoms with Crippen molar-refractivity contribution in [2.75, 3.05) is 6.54 Å². The number of aryl methyl sites for hydroxylation is 2. The summed E-state index contributed by atoms with van der Waals surface area (Å²) < 4.78 is 0. The van der Waals surface area contributed by atoms with Gasteiger partial charge in [0.15, 0.2) is 0 Å². The molecule has 0 saturated heterocycles. The van der Waals surface area contributed by atoms with Gasteiger partial charge in [-0.25, -0.2) is 0 Å². The van der Waals surface area contributed by atoms with E-state index in [4.69, 9.17) is 0 Å². The molecule has 0 aliphatic heterocycles. The van der Waals surface area contributed by atoms with E-state index in [1.54, 1.807) is 0 Å². The summed E-state index contributed by atoms with van der Waals surface area (Å²) >= 11 is 0. The highest BCUT2D eigenvalue weighted by molar-refractivity contribution is 5.30. The quantitative estimate of drug-likeness (QED) is 0.659. The summed E-state index contributed by atoms with van der Waals surface area (Å²) in [6.07, 6.45) is 9.29. The van der Waals surface area contributed by atoms with Gasteiger partial charge in [-0.1, -0.05) is 44.9 Å². The van der Waals surface area contributed by atoms with Crippen molar-refractivity contribution in [2.24, 2.45) is 5.41 Å². The maximum atomic E-state index is 3.80. The second-order valence-corrected chi connectivity index (χ2v) is 7.21.